The standard InChI is InChI=1S/C14H13ClN2O2S/c1-3-19-8(2)13(18)10(7-16)14-17-11-6-9(15)4-5-12(11)20-14/h4-6,8,10H,3H2,1-2H3/t8-,10-/m1/s1. The summed E-state index contributed by atoms with van der Waals surface area (Å²) in [6.45, 7) is 3.89. The van der Waals surface area contributed by atoms with Crippen LogP contribution in [0.3, 0.4) is 0 Å². The highest BCUT2D eigenvalue weighted by Gasteiger charge is 2.28. The number of nitriles is 1. The van der Waals surface area contributed by atoms with Crippen molar-refractivity contribution in [2.75, 3.05) is 6.61 Å². The summed E-state index contributed by atoms with van der Waals surface area (Å²) in [6, 6.07) is 7.34. The SMILES string of the molecule is CCO[C@H](C)C(=O)[C@@H](C#N)c1nc2cc(Cl)ccc2s1. The number of benzene rings is 1. The van der Waals surface area contributed by atoms with Crippen molar-refractivity contribution in [3.8, 4) is 6.07 Å². The Morgan fingerprint density at radius 2 is 2.35 bits per heavy atom. The van der Waals surface area contributed by atoms with E-state index in [4.69, 9.17) is 16.3 Å². The molecule has 0 bridgehead atoms. The van der Waals surface area contributed by atoms with Crippen LogP contribution >= 0.6 is 22.9 Å². The molecule has 0 N–H and O–H groups in total. The van der Waals surface area contributed by atoms with Gasteiger partial charge in [0.05, 0.1) is 16.3 Å². The Bertz CT molecular complexity index is 677. The van der Waals surface area contributed by atoms with Crippen LogP contribution in [0.15, 0.2) is 18.2 Å². The smallest absolute Gasteiger partial charge is 0.185 e. The Kier molecular flexibility index (Phi) is 4.71. The summed E-state index contributed by atoms with van der Waals surface area (Å²) >= 11 is 7.24. The number of carbonyl (C=O) groups is 1. The number of thiazole rings is 1. The minimum atomic E-state index is -0.896. The summed E-state index contributed by atoms with van der Waals surface area (Å²) in [4.78, 5) is 16.5. The van der Waals surface area contributed by atoms with Crippen molar-refractivity contribution in [3.63, 3.8) is 0 Å². The largest absolute Gasteiger partial charge is 0.371 e. The van der Waals surface area contributed by atoms with Crippen LogP contribution in [-0.4, -0.2) is 23.5 Å². The molecule has 0 saturated heterocycles. The third-order valence-corrected chi connectivity index (χ3v) is 4.18. The highest BCUT2D eigenvalue weighted by Crippen LogP contribution is 2.30. The second kappa shape index (κ2) is 6.31. The summed E-state index contributed by atoms with van der Waals surface area (Å²) in [5.41, 5.74) is 0.703. The molecule has 0 spiro atoms. The minimum absolute atomic E-state index is 0.264. The van der Waals surface area contributed by atoms with Crippen LogP contribution < -0.4 is 0 Å². The van der Waals surface area contributed by atoms with Gasteiger partial charge in [-0.1, -0.05) is 11.6 Å². The van der Waals surface area contributed by atoms with Gasteiger partial charge in [0.2, 0.25) is 0 Å². The zero-order chi connectivity index (χ0) is 14.7. The first-order valence-corrected chi connectivity index (χ1v) is 7.37. The molecule has 4 nitrogen and oxygen atoms in total. The van der Waals surface area contributed by atoms with Crippen LogP contribution in [0.25, 0.3) is 10.2 Å². The maximum Gasteiger partial charge on any atom is 0.185 e. The molecule has 0 aliphatic rings. The molecule has 0 aliphatic heterocycles. The van der Waals surface area contributed by atoms with Gasteiger partial charge in [-0.3, -0.25) is 4.79 Å². The average Bonchev–Trinajstić information content (AvgIpc) is 2.82. The number of hydrogen-bond acceptors (Lipinski definition) is 5. The average molecular weight is 309 g/mol. The molecule has 1 heterocycles. The molecule has 1 aromatic heterocycles. The lowest BCUT2D eigenvalue weighted by atomic mass is 10.0. The monoisotopic (exact) mass is 308 g/mol. The van der Waals surface area contributed by atoms with Crippen LogP contribution in [0.5, 0.6) is 0 Å². The van der Waals surface area contributed by atoms with E-state index in [1.54, 1.807) is 19.1 Å². The minimum Gasteiger partial charge on any atom is -0.371 e. The van der Waals surface area contributed by atoms with Crippen molar-refractivity contribution in [2.24, 2.45) is 0 Å². The first kappa shape index (κ1) is 14.9. The predicted octanol–water partition coefficient (Wildman–Crippen LogP) is 3.55. The fourth-order valence-electron chi connectivity index (χ4n) is 1.85. The number of ether oxygens (including phenoxy) is 1. The highest BCUT2D eigenvalue weighted by molar-refractivity contribution is 7.18. The predicted molar refractivity (Wildman–Crippen MR) is 79.1 cm³/mol. The number of aromatic nitrogens is 1. The Labute approximate surface area is 125 Å². The molecule has 6 heteroatoms. The second-order valence-corrected chi connectivity index (χ2v) is 5.72. The van der Waals surface area contributed by atoms with Crippen molar-refractivity contribution < 1.29 is 9.53 Å². The number of halogens is 1. The Balaban J connectivity index is 2.35. The van der Waals surface area contributed by atoms with Crippen LogP contribution in [0.2, 0.25) is 5.02 Å². The van der Waals surface area contributed by atoms with Crippen molar-refractivity contribution in [3.05, 3.63) is 28.2 Å². The number of fused-ring (bicyclic) bond motifs is 1. The summed E-state index contributed by atoms with van der Waals surface area (Å²) in [6.07, 6.45) is -0.611. The maximum atomic E-state index is 12.2. The molecule has 0 radical (unpaired) electrons. The second-order valence-electron chi connectivity index (χ2n) is 4.23. The fourth-order valence-corrected chi connectivity index (χ4v) is 3.02. The van der Waals surface area contributed by atoms with Gasteiger partial charge in [-0.15, -0.1) is 11.3 Å². The summed E-state index contributed by atoms with van der Waals surface area (Å²) < 4.78 is 6.16. The number of nitrogens with zero attached hydrogens (tertiary/aromatic N) is 2. The molecule has 0 unspecified atom stereocenters. The third-order valence-electron chi connectivity index (χ3n) is 2.84. The number of carbonyl (C=O) groups excluding carboxylic acids is 1. The molecule has 0 aliphatic carbocycles. The number of hydrogen-bond donors (Lipinski definition) is 0. The lowest BCUT2D eigenvalue weighted by Gasteiger charge is -2.12. The molecule has 2 atom stereocenters. The van der Waals surface area contributed by atoms with Gasteiger partial charge in [-0.05, 0) is 32.0 Å². The zero-order valence-electron chi connectivity index (χ0n) is 11.1. The van der Waals surface area contributed by atoms with Crippen molar-refractivity contribution in [1.82, 2.24) is 4.98 Å². The Morgan fingerprint density at radius 3 is 3.00 bits per heavy atom. The van der Waals surface area contributed by atoms with E-state index >= 15 is 0 Å². The summed E-state index contributed by atoms with van der Waals surface area (Å²) in [5.74, 6) is -1.16. The quantitative estimate of drug-likeness (QED) is 0.847. The van der Waals surface area contributed by atoms with Crippen LogP contribution in [0.4, 0.5) is 0 Å². The molecule has 2 rings (SSSR count). The summed E-state index contributed by atoms with van der Waals surface area (Å²) in [5, 5.41) is 10.3. The van der Waals surface area contributed by atoms with E-state index < -0.39 is 12.0 Å². The lowest BCUT2D eigenvalue weighted by Crippen LogP contribution is -2.26. The molecule has 1 aromatic carbocycles. The van der Waals surface area contributed by atoms with Gasteiger partial charge in [0.25, 0.3) is 0 Å². The highest BCUT2D eigenvalue weighted by atomic mass is 35.5. The van der Waals surface area contributed by atoms with Gasteiger partial charge in [-0.2, -0.15) is 5.26 Å². The van der Waals surface area contributed by atoms with Gasteiger partial charge >= 0.3 is 0 Å². The van der Waals surface area contributed by atoms with Crippen LogP contribution in [0, 0.1) is 11.3 Å². The van der Waals surface area contributed by atoms with Crippen molar-refractivity contribution in [2.45, 2.75) is 25.9 Å². The Hall–Kier alpha value is -1.48. The van der Waals surface area contributed by atoms with E-state index in [1.165, 1.54) is 11.3 Å². The number of Topliss-reactive ketones (excluding diaryl/α,β-unsaturated/α-hetero) is 1. The Morgan fingerprint density at radius 1 is 1.60 bits per heavy atom. The van der Waals surface area contributed by atoms with Gasteiger partial charge in [0, 0.05) is 11.6 Å². The molecule has 20 heavy (non-hydrogen) atoms. The van der Waals surface area contributed by atoms with Gasteiger partial charge in [-0.25, -0.2) is 4.98 Å². The van der Waals surface area contributed by atoms with E-state index in [0.29, 0.717) is 22.2 Å². The van der Waals surface area contributed by atoms with Gasteiger partial charge in [0.1, 0.15) is 11.1 Å². The molecule has 0 fully saturated rings. The van der Waals surface area contributed by atoms with E-state index in [0.717, 1.165) is 4.70 Å². The first-order valence-electron chi connectivity index (χ1n) is 6.17. The normalized spacial score (nSPS) is 13.9. The van der Waals surface area contributed by atoms with Gasteiger partial charge in [0.15, 0.2) is 11.7 Å². The van der Waals surface area contributed by atoms with E-state index in [-0.39, 0.29) is 5.78 Å². The molecule has 0 saturated carbocycles. The fraction of sp³-hybridized carbons (Fsp3) is 0.357. The van der Waals surface area contributed by atoms with Gasteiger partial charge < -0.3 is 4.74 Å². The third kappa shape index (κ3) is 2.98. The maximum absolute atomic E-state index is 12.2. The van der Waals surface area contributed by atoms with E-state index in [9.17, 15) is 10.1 Å². The molecular weight excluding hydrogens is 296 g/mol. The number of rotatable bonds is 5. The molecule has 2 aromatic rings. The lowest BCUT2D eigenvalue weighted by molar-refractivity contribution is -0.129. The molecule has 104 valence electrons. The van der Waals surface area contributed by atoms with E-state index in [2.05, 4.69) is 4.98 Å². The van der Waals surface area contributed by atoms with Crippen molar-refractivity contribution in [1.29, 1.82) is 5.26 Å². The van der Waals surface area contributed by atoms with E-state index in [1.807, 2.05) is 19.1 Å². The summed E-state index contributed by atoms with van der Waals surface area (Å²) in [7, 11) is 0. The number of ketones is 1. The van der Waals surface area contributed by atoms with Crippen molar-refractivity contribution >= 4 is 38.9 Å². The molecular formula is C14H13ClN2O2S. The zero-order valence-corrected chi connectivity index (χ0v) is 12.7. The molecule has 0 amide bonds. The van der Waals surface area contributed by atoms with Crippen LogP contribution in [0.1, 0.15) is 24.8 Å². The van der Waals surface area contributed by atoms with Crippen LogP contribution in [-0.2, 0) is 9.53 Å². The topological polar surface area (TPSA) is 63.0 Å². The first-order chi connectivity index (χ1) is 9.56.